The second kappa shape index (κ2) is 7.71. The van der Waals surface area contributed by atoms with Gasteiger partial charge in [-0.2, -0.15) is 10.2 Å². The molecule has 3 heterocycles. The average molecular weight is 410 g/mol. The highest BCUT2D eigenvalue weighted by Crippen LogP contribution is 2.31. The van der Waals surface area contributed by atoms with Crippen LogP contribution >= 0.6 is 0 Å². The molecule has 10 heteroatoms. The lowest BCUT2D eigenvalue weighted by Gasteiger charge is -2.14. The van der Waals surface area contributed by atoms with Gasteiger partial charge in [0.1, 0.15) is 0 Å². The highest BCUT2D eigenvalue weighted by molar-refractivity contribution is 7.89. The van der Waals surface area contributed by atoms with Gasteiger partial charge < -0.3 is 4.52 Å². The van der Waals surface area contributed by atoms with Crippen LogP contribution in [-0.2, 0) is 10.0 Å². The minimum Gasteiger partial charge on any atom is -0.337 e. The van der Waals surface area contributed by atoms with Gasteiger partial charge in [0.15, 0.2) is 0 Å². The van der Waals surface area contributed by atoms with E-state index in [9.17, 15) is 8.42 Å². The Morgan fingerprint density at radius 2 is 1.93 bits per heavy atom. The Balaban J connectivity index is 1.47. The smallest absolute Gasteiger partial charge is 0.244 e. The van der Waals surface area contributed by atoms with E-state index in [2.05, 4.69) is 19.8 Å². The van der Waals surface area contributed by atoms with Crippen molar-refractivity contribution in [2.75, 3.05) is 13.6 Å². The van der Waals surface area contributed by atoms with Crippen molar-refractivity contribution in [3.05, 3.63) is 60.2 Å². The molecule has 29 heavy (non-hydrogen) atoms. The molecule has 1 aromatic carbocycles. The van der Waals surface area contributed by atoms with Crippen LogP contribution in [0.1, 0.15) is 23.9 Å². The van der Waals surface area contributed by atoms with E-state index >= 15 is 0 Å². The zero-order chi connectivity index (χ0) is 20.4. The molecule has 1 saturated heterocycles. The molecule has 1 aliphatic rings. The summed E-state index contributed by atoms with van der Waals surface area (Å²) in [5, 5.41) is 12.9. The summed E-state index contributed by atoms with van der Waals surface area (Å²) in [6.45, 7) is 0.507. The lowest BCUT2D eigenvalue weighted by molar-refractivity contribution is 0.244. The van der Waals surface area contributed by atoms with Crippen molar-refractivity contribution in [1.82, 2.24) is 24.7 Å². The monoisotopic (exact) mass is 410 g/mol. The van der Waals surface area contributed by atoms with Crippen LogP contribution in [0.25, 0.3) is 11.4 Å². The summed E-state index contributed by atoms with van der Waals surface area (Å²) < 4.78 is 33.5. The molecule has 0 amide bonds. The van der Waals surface area contributed by atoms with Crippen molar-refractivity contribution in [3.63, 3.8) is 0 Å². The molecule has 148 valence electrons. The number of pyridine rings is 1. The molecule has 0 unspecified atom stereocenters. The van der Waals surface area contributed by atoms with Crippen molar-refractivity contribution >= 4 is 10.0 Å². The Labute approximate surface area is 168 Å². The van der Waals surface area contributed by atoms with Crippen molar-refractivity contribution in [3.8, 4) is 17.5 Å². The van der Waals surface area contributed by atoms with Crippen LogP contribution in [0.3, 0.4) is 0 Å². The third-order valence-corrected chi connectivity index (χ3v) is 6.37. The van der Waals surface area contributed by atoms with Gasteiger partial charge in [-0.1, -0.05) is 5.16 Å². The van der Waals surface area contributed by atoms with Crippen molar-refractivity contribution < 1.29 is 12.9 Å². The Kier molecular flexibility index (Phi) is 5.10. The molecule has 0 aliphatic carbocycles. The van der Waals surface area contributed by atoms with Crippen LogP contribution in [-0.4, -0.2) is 48.1 Å². The number of nitrogens with one attached hydrogen (secondary N) is 1. The number of benzene rings is 1. The predicted octanol–water partition coefficient (Wildman–Crippen LogP) is 1.73. The normalized spacial score (nSPS) is 19.9. The number of rotatable bonds is 5. The molecule has 0 radical (unpaired) electrons. The highest BCUT2D eigenvalue weighted by Gasteiger charge is 2.36. The minimum absolute atomic E-state index is 0.125. The fourth-order valence-corrected chi connectivity index (χ4v) is 4.60. The maximum atomic E-state index is 12.7. The lowest BCUT2D eigenvalue weighted by atomic mass is 10.2. The number of hydrogen-bond acceptors (Lipinski definition) is 8. The zero-order valence-electron chi connectivity index (χ0n) is 15.6. The third kappa shape index (κ3) is 4.02. The molecule has 0 saturated carbocycles. The quantitative estimate of drug-likeness (QED) is 0.674. The van der Waals surface area contributed by atoms with Gasteiger partial charge in [-0.15, -0.1) is 0 Å². The van der Waals surface area contributed by atoms with Crippen molar-refractivity contribution in [1.29, 1.82) is 5.26 Å². The standard InChI is InChI=1S/C19H18N6O3S/c1-25-12-15(24-29(26,27)16-4-2-13(11-20)3-5-16)10-17(25)19-22-18(23-28-19)14-6-8-21-9-7-14/h2-9,15,17,24H,10,12H2,1H3/t15-,17-/m0/s1. The number of nitriles is 1. The number of likely N-dealkylation sites (N-methyl/N-ethyl adjacent to an activating group) is 1. The Morgan fingerprint density at radius 1 is 1.21 bits per heavy atom. The number of hydrogen-bond donors (Lipinski definition) is 1. The molecule has 9 nitrogen and oxygen atoms in total. The van der Waals surface area contributed by atoms with E-state index in [-0.39, 0.29) is 17.0 Å². The SMILES string of the molecule is CN1C[C@@H](NS(=O)(=O)c2ccc(C#N)cc2)C[C@H]1c1nc(-c2ccncc2)no1. The fraction of sp³-hybridized carbons (Fsp3) is 0.263. The summed E-state index contributed by atoms with van der Waals surface area (Å²) in [7, 11) is -1.81. The van der Waals surface area contributed by atoms with E-state index in [1.807, 2.05) is 18.0 Å². The van der Waals surface area contributed by atoms with Gasteiger partial charge in [0.05, 0.1) is 22.6 Å². The number of nitrogens with zero attached hydrogens (tertiary/aromatic N) is 5. The van der Waals surface area contributed by atoms with E-state index in [0.717, 1.165) is 5.56 Å². The molecule has 0 spiro atoms. The molecule has 1 aliphatic heterocycles. The topological polar surface area (TPSA) is 125 Å². The Hall–Kier alpha value is -3.13. The summed E-state index contributed by atoms with van der Waals surface area (Å²) in [6, 6.07) is 10.9. The van der Waals surface area contributed by atoms with Crippen LogP contribution in [0.5, 0.6) is 0 Å². The van der Waals surface area contributed by atoms with Crippen molar-refractivity contribution in [2.24, 2.45) is 0 Å². The largest absolute Gasteiger partial charge is 0.337 e. The molecule has 2 aromatic heterocycles. The Bertz CT molecular complexity index is 1140. The number of likely N-dealkylation sites (tertiary alicyclic amines) is 1. The number of sulfonamides is 1. The fourth-order valence-electron chi connectivity index (χ4n) is 3.36. The first-order valence-corrected chi connectivity index (χ1v) is 10.4. The van der Waals surface area contributed by atoms with Gasteiger partial charge in [-0.3, -0.25) is 9.88 Å². The van der Waals surface area contributed by atoms with E-state index in [4.69, 9.17) is 9.78 Å². The summed E-state index contributed by atoms with van der Waals surface area (Å²) in [5.74, 6) is 0.914. The van der Waals surface area contributed by atoms with Gasteiger partial charge >= 0.3 is 0 Å². The van der Waals surface area contributed by atoms with Gasteiger partial charge in [-0.25, -0.2) is 13.1 Å². The van der Waals surface area contributed by atoms with Gasteiger partial charge in [-0.05, 0) is 49.9 Å². The van der Waals surface area contributed by atoms with Crippen LogP contribution in [0.4, 0.5) is 0 Å². The first kappa shape index (κ1) is 19.2. The summed E-state index contributed by atoms with van der Waals surface area (Å²) in [4.78, 5) is 10.5. The molecular weight excluding hydrogens is 392 g/mol. The predicted molar refractivity (Wildman–Crippen MR) is 103 cm³/mol. The molecule has 4 rings (SSSR count). The first-order chi connectivity index (χ1) is 14.0. The van der Waals surface area contributed by atoms with Crippen molar-refractivity contribution in [2.45, 2.75) is 23.4 Å². The van der Waals surface area contributed by atoms with E-state index in [0.29, 0.717) is 30.2 Å². The first-order valence-electron chi connectivity index (χ1n) is 8.93. The number of aromatic nitrogens is 3. The molecule has 1 fully saturated rings. The molecule has 0 bridgehead atoms. The third-order valence-electron chi connectivity index (χ3n) is 4.83. The van der Waals surface area contributed by atoms with E-state index < -0.39 is 10.0 Å². The average Bonchev–Trinajstić information content (AvgIpc) is 3.35. The maximum absolute atomic E-state index is 12.7. The van der Waals surface area contributed by atoms with Gasteiger partial charge in [0, 0.05) is 30.5 Å². The highest BCUT2D eigenvalue weighted by atomic mass is 32.2. The van der Waals surface area contributed by atoms with Crippen LogP contribution in [0.2, 0.25) is 0 Å². The second-order valence-corrected chi connectivity index (χ2v) is 8.55. The lowest BCUT2D eigenvalue weighted by Crippen LogP contribution is -2.36. The van der Waals surface area contributed by atoms with Gasteiger partial charge in [0.25, 0.3) is 0 Å². The maximum Gasteiger partial charge on any atom is 0.244 e. The Morgan fingerprint density at radius 3 is 2.62 bits per heavy atom. The summed E-state index contributed by atoms with van der Waals surface area (Å²) >= 11 is 0. The van der Waals surface area contributed by atoms with Crippen LogP contribution < -0.4 is 4.72 Å². The molecule has 1 N–H and O–H groups in total. The van der Waals surface area contributed by atoms with Crippen LogP contribution in [0.15, 0.2) is 58.2 Å². The molecule has 3 aromatic rings. The van der Waals surface area contributed by atoms with E-state index in [1.165, 1.54) is 24.3 Å². The molecular formula is C19H18N6O3S. The second-order valence-electron chi connectivity index (χ2n) is 6.84. The summed E-state index contributed by atoms with van der Waals surface area (Å²) in [5.41, 5.74) is 1.21. The van der Waals surface area contributed by atoms with Crippen LogP contribution in [0, 0.1) is 11.3 Å². The van der Waals surface area contributed by atoms with Gasteiger partial charge in [0.2, 0.25) is 21.7 Å². The minimum atomic E-state index is -3.70. The summed E-state index contributed by atoms with van der Waals surface area (Å²) in [6.07, 6.45) is 3.81. The zero-order valence-corrected chi connectivity index (χ0v) is 16.4. The van der Waals surface area contributed by atoms with E-state index in [1.54, 1.807) is 24.5 Å². The molecule has 2 atom stereocenters.